The fourth-order valence-electron chi connectivity index (χ4n) is 2.46. The van der Waals surface area contributed by atoms with Gasteiger partial charge in [0.2, 0.25) is 0 Å². The van der Waals surface area contributed by atoms with Crippen molar-refractivity contribution in [3.05, 3.63) is 52.4 Å². The van der Waals surface area contributed by atoms with Crippen molar-refractivity contribution >= 4 is 34.8 Å². The molecule has 0 saturated heterocycles. The first-order valence-electron chi connectivity index (χ1n) is 7.23. The van der Waals surface area contributed by atoms with Gasteiger partial charge in [-0.2, -0.15) is 0 Å². The molecule has 0 aliphatic rings. The topological polar surface area (TPSA) is 52.8 Å². The molecule has 0 atom stereocenters. The van der Waals surface area contributed by atoms with Gasteiger partial charge in [-0.25, -0.2) is 9.78 Å². The molecular weight excluding hydrogens is 351 g/mol. The Bertz CT molecular complexity index is 922. The molecule has 2 aromatic heterocycles. The van der Waals surface area contributed by atoms with Gasteiger partial charge >= 0.3 is 5.97 Å². The van der Waals surface area contributed by atoms with E-state index in [4.69, 9.17) is 32.7 Å². The van der Waals surface area contributed by atoms with E-state index in [1.807, 2.05) is 12.1 Å². The van der Waals surface area contributed by atoms with Crippen LogP contribution in [-0.2, 0) is 4.74 Å². The molecule has 124 valence electrons. The number of hydrogen-bond donors (Lipinski definition) is 0. The lowest BCUT2D eigenvalue weighted by molar-refractivity contribution is 0.0518. The van der Waals surface area contributed by atoms with Crippen LogP contribution in [0.3, 0.4) is 0 Å². The van der Waals surface area contributed by atoms with Crippen LogP contribution in [0.4, 0.5) is 0 Å². The molecule has 0 fully saturated rings. The van der Waals surface area contributed by atoms with Crippen LogP contribution < -0.4 is 4.74 Å². The van der Waals surface area contributed by atoms with Crippen LogP contribution in [0, 0.1) is 0 Å². The molecule has 0 unspecified atom stereocenters. The van der Waals surface area contributed by atoms with E-state index in [9.17, 15) is 4.79 Å². The molecular formula is C17H14Cl2N2O3. The average molecular weight is 365 g/mol. The van der Waals surface area contributed by atoms with Crippen LogP contribution in [0.5, 0.6) is 5.75 Å². The highest BCUT2D eigenvalue weighted by Crippen LogP contribution is 2.40. The third kappa shape index (κ3) is 2.81. The second-order valence-electron chi connectivity index (χ2n) is 4.95. The van der Waals surface area contributed by atoms with Gasteiger partial charge in [0, 0.05) is 11.8 Å². The second kappa shape index (κ2) is 6.71. The summed E-state index contributed by atoms with van der Waals surface area (Å²) in [6.45, 7) is 2.06. The first-order valence-corrected chi connectivity index (χ1v) is 7.99. The molecule has 5 nitrogen and oxygen atoms in total. The van der Waals surface area contributed by atoms with Crippen molar-refractivity contribution in [3.63, 3.8) is 0 Å². The van der Waals surface area contributed by atoms with Gasteiger partial charge in [0.15, 0.2) is 5.69 Å². The lowest BCUT2D eigenvalue weighted by atomic mass is 10.1. The smallest absolute Gasteiger partial charge is 0.356 e. The fraction of sp³-hybridized carbons (Fsp3) is 0.176. The first kappa shape index (κ1) is 16.6. The summed E-state index contributed by atoms with van der Waals surface area (Å²) in [4.78, 5) is 16.2. The van der Waals surface area contributed by atoms with E-state index in [1.165, 1.54) is 6.20 Å². The molecule has 1 aromatic carbocycles. The van der Waals surface area contributed by atoms with Gasteiger partial charge in [-0.15, -0.1) is 0 Å². The fourth-order valence-corrected chi connectivity index (χ4v) is 2.89. The Balaban J connectivity index is 2.14. The van der Waals surface area contributed by atoms with Gasteiger partial charge in [-0.3, -0.25) is 4.40 Å². The number of methoxy groups -OCH3 is 1. The minimum atomic E-state index is -0.420. The molecule has 0 spiro atoms. The van der Waals surface area contributed by atoms with Crippen LogP contribution in [0.2, 0.25) is 10.0 Å². The molecule has 0 saturated carbocycles. The van der Waals surface area contributed by atoms with E-state index in [0.717, 1.165) is 5.56 Å². The number of halogens is 2. The minimum Gasteiger partial charge on any atom is -0.496 e. The number of ether oxygens (including phenoxy) is 2. The third-order valence-electron chi connectivity index (χ3n) is 3.56. The highest BCUT2D eigenvalue weighted by Gasteiger charge is 2.17. The van der Waals surface area contributed by atoms with E-state index in [1.54, 1.807) is 36.8 Å². The maximum Gasteiger partial charge on any atom is 0.356 e. The van der Waals surface area contributed by atoms with Gasteiger partial charge in [-0.1, -0.05) is 23.2 Å². The SMILES string of the molecule is CCOC(=O)c1cnc2cc(-c3c(OC)ccc(Cl)c3Cl)ccn12. The zero-order valence-corrected chi connectivity index (χ0v) is 14.6. The Morgan fingerprint density at radius 2 is 2.08 bits per heavy atom. The minimum absolute atomic E-state index is 0.305. The van der Waals surface area contributed by atoms with Crippen molar-refractivity contribution in [2.45, 2.75) is 6.92 Å². The number of imidazole rings is 1. The van der Waals surface area contributed by atoms with Crippen molar-refractivity contribution in [2.24, 2.45) is 0 Å². The van der Waals surface area contributed by atoms with Gasteiger partial charge in [0.05, 0.1) is 30.0 Å². The Kier molecular flexibility index (Phi) is 4.64. The molecule has 0 aliphatic carbocycles. The second-order valence-corrected chi connectivity index (χ2v) is 5.73. The van der Waals surface area contributed by atoms with E-state index in [2.05, 4.69) is 4.98 Å². The molecule has 0 radical (unpaired) electrons. The van der Waals surface area contributed by atoms with E-state index in [-0.39, 0.29) is 0 Å². The van der Waals surface area contributed by atoms with Gasteiger partial charge in [0.25, 0.3) is 0 Å². The van der Waals surface area contributed by atoms with Crippen molar-refractivity contribution in [1.82, 2.24) is 9.38 Å². The molecule has 24 heavy (non-hydrogen) atoms. The number of nitrogens with zero attached hydrogens (tertiary/aromatic N) is 2. The summed E-state index contributed by atoms with van der Waals surface area (Å²) in [5.74, 6) is 0.182. The van der Waals surface area contributed by atoms with Crippen molar-refractivity contribution in [3.8, 4) is 16.9 Å². The van der Waals surface area contributed by atoms with Crippen LogP contribution in [-0.4, -0.2) is 29.1 Å². The van der Waals surface area contributed by atoms with Crippen LogP contribution in [0.25, 0.3) is 16.8 Å². The monoisotopic (exact) mass is 364 g/mol. The summed E-state index contributed by atoms with van der Waals surface area (Å²) in [5.41, 5.74) is 2.42. The molecule has 0 N–H and O–H groups in total. The van der Waals surface area contributed by atoms with Gasteiger partial charge in [-0.05, 0) is 36.8 Å². The Morgan fingerprint density at radius 1 is 1.29 bits per heavy atom. The summed E-state index contributed by atoms with van der Waals surface area (Å²) in [7, 11) is 1.57. The van der Waals surface area contributed by atoms with Crippen LogP contribution in [0.15, 0.2) is 36.7 Å². The largest absolute Gasteiger partial charge is 0.496 e. The number of esters is 1. The van der Waals surface area contributed by atoms with Crippen molar-refractivity contribution in [1.29, 1.82) is 0 Å². The van der Waals surface area contributed by atoms with E-state index >= 15 is 0 Å². The number of hydrogen-bond acceptors (Lipinski definition) is 4. The summed E-state index contributed by atoms with van der Waals surface area (Å²) in [5, 5.41) is 0.834. The molecule has 3 aromatic rings. The Morgan fingerprint density at radius 3 is 2.79 bits per heavy atom. The number of rotatable bonds is 4. The van der Waals surface area contributed by atoms with E-state index in [0.29, 0.717) is 39.3 Å². The van der Waals surface area contributed by atoms with Crippen LogP contribution in [0.1, 0.15) is 17.4 Å². The van der Waals surface area contributed by atoms with Crippen molar-refractivity contribution in [2.75, 3.05) is 13.7 Å². The number of aromatic nitrogens is 2. The first-order chi connectivity index (χ1) is 11.6. The Labute approximate surface area is 148 Å². The quantitative estimate of drug-likeness (QED) is 0.639. The molecule has 0 amide bonds. The summed E-state index contributed by atoms with van der Waals surface area (Å²) in [6.07, 6.45) is 3.22. The maximum atomic E-state index is 11.9. The Hall–Kier alpha value is -2.24. The lowest BCUT2D eigenvalue weighted by Crippen LogP contribution is -2.07. The third-order valence-corrected chi connectivity index (χ3v) is 4.37. The number of benzene rings is 1. The van der Waals surface area contributed by atoms with Crippen LogP contribution >= 0.6 is 23.2 Å². The number of carbonyl (C=O) groups is 1. The van der Waals surface area contributed by atoms with Gasteiger partial charge in [0.1, 0.15) is 11.4 Å². The van der Waals surface area contributed by atoms with Gasteiger partial charge < -0.3 is 9.47 Å². The molecule has 0 bridgehead atoms. The summed E-state index contributed by atoms with van der Waals surface area (Å²) in [6, 6.07) is 7.06. The lowest BCUT2D eigenvalue weighted by Gasteiger charge is -2.12. The molecule has 7 heteroatoms. The molecule has 3 rings (SSSR count). The number of carbonyl (C=O) groups excluding carboxylic acids is 1. The maximum absolute atomic E-state index is 11.9. The molecule has 2 heterocycles. The summed E-state index contributed by atoms with van der Waals surface area (Å²) >= 11 is 12.5. The highest BCUT2D eigenvalue weighted by atomic mass is 35.5. The summed E-state index contributed by atoms with van der Waals surface area (Å²) < 4.78 is 12.1. The number of pyridine rings is 1. The molecule has 0 aliphatic heterocycles. The van der Waals surface area contributed by atoms with Crippen molar-refractivity contribution < 1.29 is 14.3 Å². The average Bonchev–Trinajstić information content (AvgIpc) is 3.00. The number of fused-ring (bicyclic) bond motifs is 1. The normalized spacial score (nSPS) is 10.8. The zero-order chi connectivity index (χ0) is 17.3. The predicted octanol–water partition coefficient (Wildman–Crippen LogP) is 4.49. The zero-order valence-electron chi connectivity index (χ0n) is 13.0. The standard InChI is InChI=1S/C17H14Cl2N2O3/c1-3-24-17(22)12-9-20-14-8-10(6-7-21(12)14)15-13(23-2)5-4-11(18)16(15)19/h4-9H,3H2,1-2H3. The van der Waals surface area contributed by atoms with E-state index < -0.39 is 5.97 Å². The highest BCUT2D eigenvalue weighted by molar-refractivity contribution is 6.44. The predicted molar refractivity (Wildman–Crippen MR) is 93.2 cm³/mol.